The lowest BCUT2D eigenvalue weighted by Crippen LogP contribution is -2.42. The molecule has 0 aliphatic heterocycles. The van der Waals surface area contributed by atoms with Crippen LogP contribution in [0.5, 0.6) is 0 Å². The molecule has 0 fully saturated rings. The predicted molar refractivity (Wildman–Crippen MR) is 136 cm³/mol. The summed E-state index contributed by atoms with van der Waals surface area (Å²) in [6, 6.07) is 10.7. The van der Waals surface area contributed by atoms with Gasteiger partial charge in [-0.05, 0) is 43.3 Å². The fourth-order valence-corrected chi connectivity index (χ4v) is 4.00. The van der Waals surface area contributed by atoms with Gasteiger partial charge in [-0.1, -0.05) is 18.2 Å². The molecule has 1 unspecified atom stereocenters. The number of amides is 1. The fourth-order valence-electron chi connectivity index (χ4n) is 4.00. The van der Waals surface area contributed by atoms with E-state index < -0.39 is 46.3 Å². The summed E-state index contributed by atoms with van der Waals surface area (Å²) in [5, 5.41) is 0. The van der Waals surface area contributed by atoms with E-state index in [-0.39, 0.29) is 48.9 Å². The molecule has 4 rings (SSSR count). The summed E-state index contributed by atoms with van der Waals surface area (Å²) in [6.07, 6.45) is 6.97. The molecule has 2 heterocycles. The number of halogens is 4. The van der Waals surface area contributed by atoms with Gasteiger partial charge >= 0.3 is 0 Å². The average Bonchev–Trinajstić information content (AvgIpc) is 2.95. The number of aromatic nitrogens is 3. The molecule has 1 amide bonds. The van der Waals surface area contributed by atoms with Gasteiger partial charge in [0.15, 0.2) is 34.6 Å². The smallest absolute Gasteiger partial charge is 0.298 e. The summed E-state index contributed by atoms with van der Waals surface area (Å²) in [7, 11) is 0. The number of benzene rings is 2. The number of para-hydroxylation sites is 1. The van der Waals surface area contributed by atoms with Crippen LogP contribution in [0.2, 0.25) is 0 Å². The first-order valence-electron chi connectivity index (χ1n) is 11.8. The second-order valence-electron chi connectivity index (χ2n) is 8.37. The summed E-state index contributed by atoms with van der Waals surface area (Å²) >= 11 is 0. The second kappa shape index (κ2) is 11.7. The third-order valence-corrected chi connectivity index (χ3v) is 5.85. The Hall–Kier alpha value is -4.76. The molecule has 0 saturated heterocycles. The molecule has 8 nitrogen and oxygen atoms in total. The van der Waals surface area contributed by atoms with Gasteiger partial charge < -0.3 is 10.6 Å². The quantitative estimate of drug-likeness (QED) is 0.145. The Morgan fingerprint density at radius 3 is 2.54 bits per heavy atom. The van der Waals surface area contributed by atoms with Crippen molar-refractivity contribution in [3.63, 3.8) is 0 Å². The van der Waals surface area contributed by atoms with Gasteiger partial charge in [-0.25, -0.2) is 32.2 Å². The average molecular weight is 539 g/mol. The summed E-state index contributed by atoms with van der Waals surface area (Å²) < 4.78 is 57.4. The maximum atomic E-state index is 14.7. The number of terminal acetylenes is 1. The first-order valence-corrected chi connectivity index (χ1v) is 11.8. The van der Waals surface area contributed by atoms with Crippen molar-refractivity contribution in [3.8, 4) is 12.3 Å². The molecule has 1 atom stereocenters. The number of nitrogens with one attached hydrogen (secondary N) is 1. The molecule has 0 aliphatic carbocycles. The Balaban J connectivity index is 1.94. The van der Waals surface area contributed by atoms with Crippen LogP contribution in [0.1, 0.15) is 35.1 Å². The molecule has 12 heteroatoms. The van der Waals surface area contributed by atoms with Crippen molar-refractivity contribution in [3.05, 3.63) is 99.7 Å². The van der Waals surface area contributed by atoms with Gasteiger partial charge in [-0.3, -0.25) is 15.0 Å². The maximum absolute atomic E-state index is 14.7. The Kier molecular flexibility index (Phi) is 8.21. The Labute approximate surface area is 220 Å². The zero-order chi connectivity index (χ0) is 28.1. The van der Waals surface area contributed by atoms with Crippen molar-refractivity contribution >= 4 is 22.6 Å². The molecule has 2 aromatic carbocycles. The van der Waals surface area contributed by atoms with Crippen LogP contribution >= 0.6 is 0 Å². The van der Waals surface area contributed by atoms with Gasteiger partial charge in [0, 0.05) is 19.2 Å². The van der Waals surface area contributed by atoms with E-state index in [4.69, 9.17) is 12.2 Å². The van der Waals surface area contributed by atoms with Crippen molar-refractivity contribution < 1.29 is 22.4 Å². The van der Waals surface area contributed by atoms with Crippen LogP contribution in [-0.2, 0) is 0 Å². The van der Waals surface area contributed by atoms with Gasteiger partial charge in [-0.2, -0.15) is 0 Å². The number of carbonyl (C=O) groups excluding carboxylic acids is 1. The SMILES string of the molecule is C#CCC(c1nc2cccnc2c(=O)n1Nc1ccccc1)N(CCCN)C(=O)c1cc(F)c(F)c(F)c1F. The first-order chi connectivity index (χ1) is 18.8. The van der Waals surface area contributed by atoms with Crippen LogP contribution in [0.25, 0.3) is 11.0 Å². The normalized spacial score (nSPS) is 11.7. The van der Waals surface area contributed by atoms with E-state index in [0.717, 1.165) is 9.58 Å². The van der Waals surface area contributed by atoms with E-state index in [2.05, 4.69) is 21.3 Å². The monoisotopic (exact) mass is 538 g/mol. The molecule has 0 bridgehead atoms. The molecule has 3 N–H and O–H groups in total. The van der Waals surface area contributed by atoms with Gasteiger partial charge in [0.1, 0.15) is 6.04 Å². The summed E-state index contributed by atoms with van der Waals surface area (Å²) in [6.45, 7) is -0.0701. The van der Waals surface area contributed by atoms with E-state index >= 15 is 0 Å². The number of carbonyl (C=O) groups is 1. The zero-order valence-corrected chi connectivity index (χ0v) is 20.4. The minimum absolute atomic E-state index is 0.0118. The van der Waals surface area contributed by atoms with E-state index in [1.54, 1.807) is 36.4 Å². The standard InChI is InChI=1S/C27H22F4N6O2/c1-2-8-20(36(14-7-12-32)26(38)17-15-18(28)22(30)23(31)21(17)29)25-34-19-11-6-13-33-24(19)27(39)37(25)35-16-9-4-3-5-10-16/h1,3-6,9-11,13,15,20,35H,7-8,12,14,32H2. The molecule has 2 aromatic heterocycles. The van der Waals surface area contributed by atoms with Crippen molar-refractivity contribution in [2.75, 3.05) is 18.5 Å². The number of hydrogen-bond acceptors (Lipinski definition) is 6. The Bertz CT molecular complexity index is 1620. The molecule has 200 valence electrons. The highest BCUT2D eigenvalue weighted by molar-refractivity contribution is 5.95. The number of fused-ring (bicyclic) bond motifs is 1. The van der Waals surface area contributed by atoms with Crippen LogP contribution in [0, 0.1) is 35.6 Å². The molecule has 0 spiro atoms. The molecule has 4 aromatic rings. The van der Waals surface area contributed by atoms with Gasteiger partial charge in [0.25, 0.3) is 11.5 Å². The molecule has 39 heavy (non-hydrogen) atoms. The molecule has 0 saturated carbocycles. The lowest BCUT2D eigenvalue weighted by Gasteiger charge is -2.32. The zero-order valence-electron chi connectivity index (χ0n) is 20.4. The van der Waals surface area contributed by atoms with E-state index in [1.165, 1.54) is 12.3 Å². The predicted octanol–water partition coefficient (Wildman–Crippen LogP) is 3.78. The lowest BCUT2D eigenvalue weighted by molar-refractivity contribution is 0.0659. The van der Waals surface area contributed by atoms with Crippen LogP contribution < -0.4 is 16.7 Å². The maximum Gasteiger partial charge on any atom is 0.298 e. The van der Waals surface area contributed by atoms with Crippen molar-refractivity contribution in [1.29, 1.82) is 0 Å². The van der Waals surface area contributed by atoms with Crippen molar-refractivity contribution in [2.45, 2.75) is 18.9 Å². The second-order valence-corrected chi connectivity index (χ2v) is 8.37. The summed E-state index contributed by atoms with van der Waals surface area (Å²) in [5.74, 6) is -6.66. The number of nitrogens with zero attached hydrogens (tertiary/aromatic N) is 4. The van der Waals surface area contributed by atoms with Crippen LogP contribution in [0.4, 0.5) is 23.2 Å². The minimum atomic E-state index is -2.14. The summed E-state index contributed by atoms with van der Waals surface area (Å²) in [5.41, 5.74) is 7.56. The summed E-state index contributed by atoms with van der Waals surface area (Å²) in [4.78, 5) is 36.8. The molecule has 0 aliphatic rings. The third-order valence-electron chi connectivity index (χ3n) is 5.85. The Morgan fingerprint density at radius 1 is 1.10 bits per heavy atom. The van der Waals surface area contributed by atoms with Crippen molar-refractivity contribution in [1.82, 2.24) is 19.5 Å². The highest BCUT2D eigenvalue weighted by atomic mass is 19.2. The lowest BCUT2D eigenvalue weighted by atomic mass is 10.1. The Morgan fingerprint density at radius 2 is 1.85 bits per heavy atom. The van der Waals surface area contributed by atoms with Gasteiger partial charge in [-0.15, -0.1) is 12.3 Å². The number of anilines is 1. The number of nitrogens with two attached hydrogens (primary N) is 1. The van der Waals surface area contributed by atoms with E-state index in [9.17, 15) is 27.2 Å². The van der Waals surface area contributed by atoms with E-state index in [0.29, 0.717) is 5.69 Å². The largest absolute Gasteiger partial charge is 0.330 e. The van der Waals surface area contributed by atoms with E-state index in [1.807, 2.05) is 0 Å². The number of rotatable bonds is 9. The highest BCUT2D eigenvalue weighted by Crippen LogP contribution is 2.28. The van der Waals surface area contributed by atoms with Crippen molar-refractivity contribution in [2.24, 2.45) is 5.73 Å². The molecule has 0 radical (unpaired) electrons. The fraction of sp³-hybridized carbons (Fsp3) is 0.185. The highest BCUT2D eigenvalue weighted by Gasteiger charge is 2.33. The van der Waals surface area contributed by atoms with Gasteiger partial charge in [0.05, 0.1) is 16.8 Å². The minimum Gasteiger partial charge on any atom is -0.330 e. The topological polar surface area (TPSA) is 106 Å². The molecular formula is C27H22F4N6O2. The van der Waals surface area contributed by atoms with Crippen LogP contribution in [0.15, 0.2) is 59.5 Å². The molecular weight excluding hydrogens is 516 g/mol. The van der Waals surface area contributed by atoms with Gasteiger partial charge in [0.2, 0.25) is 0 Å². The number of pyridine rings is 1. The van der Waals surface area contributed by atoms with Crippen LogP contribution in [0.3, 0.4) is 0 Å². The first kappa shape index (κ1) is 27.3. The third kappa shape index (κ3) is 5.44. The number of hydrogen-bond donors (Lipinski definition) is 2. The van der Waals surface area contributed by atoms with Crippen LogP contribution in [-0.4, -0.2) is 38.5 Å².